The molecule has 0 radical (unpaired) electrons. The fourth-order valence-corrected chi connectivity index (χ4v) is 7.79. The summed E-state index contributed by atoms with van der Waals surface area (Å²) in [7, 11) is -6.05. The minimum absolute atomic E-state index is 0.126. The molecule has 9 nitrogen and oxygen atoms in total. The average molecular weight is 614 g/mol. The molecular weight excluding hydrogens is 581 g/mol. The van der Waals surface area contributed by atoms with Crippen LogP contribution in [0.3, 0.4) is 0 Å². The second-order valence-electron chi connectivity index (χ2n) is 10.3. The number of amides is 1. The van der Waals surface area contributed by atoms with Crippen LogP contribution in [0.15, 0.2) is 70.0 Å². The molecule has 2 N–H and O–H groups in total. The number of carbonyl (C=O) groups is 1. The molecule has 42 heavy (non-hydrogen) atoms. The maximum absolute atomic E-state index is 13.7. The van der Waals surface area contributed by atoms with Crippen LogP contribution < -0.4 is 10.0 Å². The predicted octanol–water partition coefficient (Wildman–Crippen LogP) is 5.24. The number of anilines is 1. The third-order valence-electron chi connectivity index (χ3n) is 7.60. The van der Waals surface area contributed by atoms with Crippen molar-refractivity contribution >= 4 is 42.6 Å². The summed E-state index contributed by atoms with van der Waals surface area (Å²) in [6.45, 7) is 3.72. The lowest BCUT2D eigenvalue weighted by molar-refractivity contribution is 0.0964. The van der Waals surface area contributed by atoms with E-state index in [4.69, 9.17) is 4.42 Å². The van der Waals surface area contributed by atoms with Crippen molar-refractivity contribution in [2.45, 2.75) is 37.5 Å². The molecule has 5 rings (SSSR count). The molecule has 1 aliphatic heterocycles. The lowest BCUT2D eigenvalue weighted by Crippen LogP contribution is -2.39. The van der Waals surface area contributed by atoms with Gasteiger partial charge in [0.2, 0.25) is 20.0 Å². The number of fused-ring (bicyclic) bond motifs is 1. The van der Waals surface area contributed by atoms with Crippen LogP contribution >= 0.6 is 0 Å². The molecule has 0 bridgehead atoms. The summed E-state index contributed by atoms with van der Waals surface area (Å²) in [5.41, 5.74) is 2.39. The van der Waals surface area contributed by atoms with E-state index in [1.807, 2.05) is 0 Å². The van der Waals surface area contributed by atoms with E-state index >= 15 is 0 Å². The standard InChI is InChI=1S/C30H32FN3O6S2/c1-4-41(36,37)33-25-17-26-24(28(30(35)32-3)29(40-26)20-11-13-22(31)14-12-20)16-23(25)21-9-7-15-34(18-21)42(38,39)27-10-6-5-8-19(27)2/h5-6,8,10-14,16-17,21,33H,4,7,9,15,18H2,1-3H3,(H,32,35)/t21-/m0/s1. The summed E-state index contributed by atoms with van der Waals surface area (Å²) < 4.78 is 76.6. The van der Waals surface area contributed by atoms with Gasteiger partial charge in [0.05, 0.1) is 21.9 Å². The first-order valence-electron chi connectivity index (χ1n) is 13.6. The van der Waals surface area contributed by atoms with Crippen LogP contribution in [-0.2, 0) is 20.0 Å². The fraction of sp³-hybridized carbons (Fsp3) is 0.300. The number of hydrogen-bond acceptors (Lipinski definition) is 6. The molecule has 4 aromatic rings. The van der Waals surface area contributed by atoms with E-state index in [0.29, 0.717) is 41.5 Å². The molecule has 1 amide bonds. The van der Waals surface area contributed by atoms with Crippen LogP contribution in [0.4, 0.5) is 10.1 Å². The van der Waals surface area contributed by atoms with Gasteiger partial charge in [-0.15, -0.1) is 0 Å². The number of nitrogens with zero attached hydrogens (tertiary/aromatic N) is 1. The molecule has 1 fully saturated rings. The molecule has 1 saturated heterocycles. The number of benzene rings is 3. The van der Waals surface area contributed by atoms with Crippen molar-refractivity contribution < 1.29 is 30.4 Å². The number of carbonyl (C=O) groups excluding carboxylic acids is 1. The van der Waals surface area contributed by atoms with Crippen molar-refractivity contribution in [1.82, 2.24) is 9.62 Å². The van der Waals surface area contributed by atoms with Gasteiger partial charge in [0.15, 0.2) is 0 Å². The lowest BCUT2D eigenvalue weighted by atomic mass is 9.89. The molecule has 0 unspecified atom stereocenters. The predicted molar refractivity (Wildman–Crippen MR) is 160 cm³/mol. The average Bonchev–Trinajstić information content (AvgIpc) is 3.35. The second kappa shape index (κ2) is 11.5. The van der Waals surface area contributed by atoms with Gasteiger partial charge >= 0.3 is 0 Å². The zero-order valence-corrected chi connectivity index (χ0v) is 25.1. The van der Waals surface area contributed by atoms with Crippen LogP contribution in [0, 0.1) is 12.7 Å². The molecule has 1 aromatic heterocycles. The first-order valence-corrected chi connectivity index (χ1v) is 16.7. The number of nitrogens with one attached hydrogen (secondary N) is 2. The molecule has 1 aliphatic rings. The molecule has 12 heteroatoms. The quantitative estimate of drug-likeness (QED) is 0.280. The summed E-state index contributed by atoms with van der Waals surface area (Å²) >= 11 is 0. The lowest BCUT2D eigenvalue weighted by Gasteiger charge is -2.33. The van der Waals surface area contributed by atoms with E-state index in [9.17, 15) is 26.0 Å². The van der Waals surface area contributed by atoms with Gasteiger partial charge in [-0.05, 0) is 80.1 Å². The monoisotopic (exact) mass is 613 g/mol. The van der Waals surface area contributed by atoms with Crippen molar-refractivity contribution in [3.05, 3.63) is 83.2 Å². The SMILES string of the molecule is CCS(=O)(=O)Nc1cc2oc(-c3ccc(F)cc3)c(C(=O)NC)c2cc1[C@H]1CCCN(S(=O)(=O)c2ccccc2C)C1. The number of hydrogen-bond donors (Lipinski definition) is 2. The van der Waals surface area contributed by atoms with Crippen LogP contribution in [0.2, 0.25) is 0 Å². The molecule has 3 aromatic carbocycles. The highest BCUT2D eigenvalue weighted by atomic mass is 32.2. The Kier molecular flexibility index (Phi) is 8.15. The summed E-state index contributed by atoms with van der Waals surface area (Å²) in [5, 5.41) is 3.05. The third kappa shape index (κ3) is 5.66. The van der Waals surface area contributed by atoms with Gasteiger partial charge in [-0.25, -0.2) is 21.2 Å². The van der Waals surface area contributed by atoms with Crippen molar-refractivity contribution in [1.29, 1.82) is 0 Å². The summed E-state index contributed by atoms with van der Waals surface area (Å²) in [4.78, 5) is 13.4. The van der Waals surface area contributed by atoms with Gasteiger partial charge < -0.3 is 9.73 Å². The Hall–Kier alpha value is -3.74. The van der Waals surface area contributed by atoms with Crippen molar-refractivity contribution in [3.63, 3.8) is 0 Å². The van der Waals surface area contributed by atoms with E-state index in [0.717, 1.165) is 0 Å². The first-order chi connectivity index (χ1) is 19.9. The molecule has 0 saturated carbocycles. The molecule has 1 atom stereocenters. The Balaban J connectivity index is 1.66. The Morgan fingerprint density at radius 2 is 1.79 bits per heavy atom. The topological polar surface area (TPSA) is 126 Å². The van der Waals surface area contributed by atoms with E-state index in [1.165, 1.54) is 48.6 Å². The number of halogens is 1. The van der Waals surface area contributed by atoms with Gasteiger partial charge in [0, 0.05) is 37.2 Å². The van der Waals surface area contributed by atoms with E-state index in [1.54, 1.807) is 37.3 Å². The minimum atomic E-state index is -3.81. The molecular formula is C30H32FN3O6S2. The second-order valence-corrected chi connectivity index (χ2v) is 14.2. The first kappa shape index (κ1) is 29.7. The Morgan fingerprint density at radius 3 is 2.45 bits per heavy atom. The number of rotatable bonds is 8. The van der Waals surface area contributed by atoms with Gasteiger partial charge in [-0.3, -0.25) is 9.52 Å². The highest BCUT2D eigenvalue weighted by molar-refractivity contribution is 7.92. The molecule has 0 spiro atoms. The van der Waals surface area contributed by atoms with Gasteiger partial charge in [-0.2, -0.15) is 4.31 Å². The molecule has 222 valence electrons. The van der Waals surface area contributed by atoms with Crippen molar-refractivity contribution in [3.8, 4) is 11.3 Å². The number of piperidine rings is 1. The van der Waals surface area contributed by atoms with Crippen LogP contribution in [-0.4, -0.2) is 52.9 Å². The largest absolute Gasteiger partial charge is 0.455 e. The zero-order chi connectivity index (χ0) is 30.2. The van der Waals surface area contributed by atoms with Gasteiger partial charge in [0.1, 0.15) is 17.2 Å². The van der Waals surface area contributed by atoms with E-state index in [-0.39, 0.29) is 45.7 Å². The van der Waals surface area contributed by atoms with Crippen molar-refractivity contribution in [2.75, 3.05) is 30.6 Å². The van der Waals surface area contributed by atoms with E-state index < -0.39 is 31.8 Å². The summed E-state index contributed by atoms with van der Waals surface area (Å²) in [5.74, 6) is -1.23. The maximum atomic E-state index is 13.7. The Morgan fingerprint density at radius 1 is 1.07 bits per heavy atom. The highest BCUT2D eigenvalue weighted by Gasteiger charge is 2.34. The van der Waals surface area contributed by atoms with Crippen molar-refractivity contribution in [2.24, 2.45) is 0 Å². The van der Waals surface area contributed by atoms with Gasteiger partial charge in [0.25, 0.3) is 5.91 Å². The molecule has 2 heterocycles. The summed E-state index contributed by atoms with van der Waals surface area (Å²) in [6, 6.07) is 15.5. The Labute approximate surface area is 244 Å². The smallest absolute Gasteiger partial charge is 0.255 e. The zero-order valence-electron chi connectivity index (χ0n) is 23.5. The van der Waals surface area contributed by atoms with E-state index in [2.05, 4.69) is 10.0 Å². The minimum Gasteiger partial charge on any atom is -0.455 e. The van der Waals surface area contributed by atoms with Crippen LogP contribution in [0.25, 0.3) is 22.3 Å². The number of aryl methyl sites for hydroxylation is 1. The van der Waals surface area contributed by atoms with Crippen LogP contribution in [0.5, 0.6) is 0 Å². The van der Waals surface area contributed by atoms with Gasteiger partial charge in [-0.1, -0.05) is 18.2 Å². The normalized spacial score (nSPS) is 16.4. The number of furan rings is 1. The number of sulfonamides is 2. The molecule has 0 aliphatic carbocycles. The fourth-order valence-electron chi connectivity index (χ4n) is 5.38. The Bertz CT molecular complexity index is 1870. The maximum Gasteiger partial charge on any atom is 0.255 e. The van der Waals surface area contributed by atoms with Crippen LogP contribution in [0.1, 0.15) is 47.2 Å². The third-order valence-corrected chi connectivity index (χ3v) is 10.9. The summed E-state index contributed by atoms with van der Waals surface area (Å²) in [6.07, 6.45) is 1.16. The highest BCUT2D eigenvalue weighted by Crippen LogP contribution is 2.41.